The summed E-state index contributed by atoms with van der Waals surface area (Å²) < 4.78 is 9.73. The van der Waals surface area contributed by atoms with E-state index in [0.717, 1.165) is 30.9 Å². The van der Waals surface area contributed by atoms with E-state index in [2.05, 4.69) is 31.5 Å². The Morgan fingerprint density at radius 2 is 2.04 bits per heavy atom. The van der Waals surface area contributed by atoms with Crippen molar-refractivity contribution in [1.29, 1.82) is 0 Å². The van der Waals surface area contributed by atoms with Gasteiger partial charge in [0.1, 0.15) is 5.69 Å². The van der Waals surface area contributed by atoms with Crippen molar-refractivity contribution in [3.63, 3.8) is 0 Å². The van der Waals surface area contributed by atoms with Crippen molar-refractivity contribution in [3.05, 3.63) is 59.4 Å². The van der Waals surface area contributed by atoms with E-state index in [1.54, 1.807) is 12.4 Å². The molecule has 4 rings (SSSR count). The van der Waals surface area contributed by atoms with E-state index >= 15 is 0 Å². The highest BCUT2D eigenvalue weighted by atomic mass is 16.5. The Kier molecular flexibility index (Phi) is 4.77. The van der Waals surface area contributed by atoms with Gasteiger partial charge < -0.3 is 4.74 Å². The molecule has 8 nitrogen and oxygen atoms in total. The highest BCUT2D eigenvalue weighted by Gasteiger charge is 2.30. The molecule has 0 saturated carbocycles. The monoisotopic (exact) mass is 353 g/mol. The number of aromatic nitrogens is 6. The fourth-order valence-electron chi connectivity index (χ4n) is 3.56. The Morgan fingerprint density at radius 1 is 1.19 bits per heavy atom. The summed E-state index contributed by atoms with van der Waals surface area (Å²) in [6.45, 7) is 3.80. The Balaban J connectivity index is 1.44. The van der Waals surface area contributed by atoms with Gasteiger partial charge in [-0.05, 0) is 17.7 Å². The maximum atomic E-state index is 6.00. The molecule has 0 bridgehead atoms. The van der Waals surface area contributed by atoms with Crippen molar-refractivity contribution >= 4 is 0 Å². The number of fused-ring (bicyclic) bond motifs is 1. The Labute approximate surface area is 152 Å². The molecule has 0 spiro atoms. The molecule has 136 valence electrons. The largest absolute Gasteiger partial charge is 0.376 e. The topological polar surface area (TPSA) is 73.9 Å². The molecule has 0 N–H and O–H groups in total. The second kappa shape index (κ2) is 7.35. The van der Waals surface area contributed by atoms with Gasteiger partial charge in [-0.15, -0.1) is 5.10 Å². The van der Waals surface area contributed by atoms with E-state index in [9.17, 15) is 0 Å². The van der Waals surface area contributed by atoms with Gasteiger partial charge in [0.2, 0.25) is 0 Å². The number of nitrogens with zero attached hydrogens (tertiary/aromatic N) is 7. The third-order valence-electron chi connectivity index (χ3n) is 4.68. The van der Waals surface area contributed by atoms with Crippen LogP contribution in [-0.4, -0.2) is 47.8 Å². The van der Waals surface area contributed by atoms with E-state index in [4.69, 9.17) is 4.74 Å². The zero-order valence-corrected chi connectivity index (χ0v) is 15.1. The lowest BCUT2D eigenvalue weighted by molar-refractivity contribution is 0.0829. The van der Waals surface area contributed by atoms with Crippen LogP contribution in [0.4, 0.5) is 0 Å². The van der Waals surface area contributed by atoms with Crippen LogP contribution in [0.3, 0.4) is 0 Å². The molecule has 3 aromatic heterocycles. The fourth-order valence-corrected chi connectivity index (χ4v) is 3.56. The first-order valence-corrected chi connectivity index (χ1v) is 8.74. The van der Waals surface area contributed by atoms with Crippen molar-refractivity contribution in [2.75, 3.05) is 13.2 Å². The first kappa shape index (κ1) is 16.9. The summed E-state index contributed by atoms with van der Waals surface area (Å²) >= 11 is 0. The third-order valence-corrected chi connectivity index (χ3v) is 4.68. The molecule has 3 aromatic rings. The summed E-state index contributed by atoms with van der Waals surface area (Å²) in [6.07, 6.45) is 7.55. The fraction of sp³-hybridized carbons (Fsp3) is 0.444. The van der Waals surface area contributed by atoms with Crippen LogP contribution in [0.2, 0.25) is 0 Å². The predicted molar refractivity (Wildman–Crippen MR) is 95.0 cm³/mol. The van der Waals surface area contributed by atoms with Gasteiger partial charge in [0.25, 0.3) is 0 Å². The summed E-state index contributed by atoms with van der Waals surface area (Å²) in [4.78, 5) is 6.42. The molecular weight excluding hydrogens is 330 g/mol. The average Bonchev–Trinajstić information content (AvgIpc) is 3.22. The summed E-state index contributed by atoms with van der Waals surface area (Å²) in [6, 6.07) is 3.96. The van der Waals surface area contributed by atoms with Gasteiger partial charge in [-0.2, -0.15) is 5.10 Å². The zero-order valence-electron chi connectivity index (χ0n) is 15.1. The lowest BCUT2D eigenvalue weighted by Gasteiger charge is -2.31. The van der Waals surface area contributed by atoms with Crippen LogP contribution >= 0.6 is 0 Å². The summed E-state index contributed by atoms with van der Waals surface area (Å²) in [5, 5.41) is 12.8. The van der Waals surface area contributed by atoms with Crippen LogP contribution in [0.25, 0.3) is 0 Å². The molecular formula is C18H23N7O. The second-order valence-electron chi connectivity index (χ2n) is 6.80. The summed E-state index contributed by atoms with van der Waals surface area (Å²) in [5.74, 6) is 0.247. The number of rotatable bonds is 6. The minimum absolute atomic E-state index is 0.247. The van der Waals surface area contributed by atoms with Crippen LogP contribution in [0, 0.1) is 0 Å². The van der Waals surface area contributed by atoms with Crippen LogP contribution in [-0.2, 0) is 38.5 Å². The molecule has 0 radical (unpaired) electrons. The van der Waals surface area contributed by atoms with Gasteiger partial charge in [-0.1, -0.05) is 5.21 Å². The van der Waals surface area contributed by atoms with E-state index in [1.165, 1.54) is 11.3 Å². The minimum Gasteiger partial charge on any atom is -0.376 e. The lowest BCUT2D eigenvalue weighted by Crippen LogP contribution is -2.35. The molecule has 8 heteroatoms. The van der Waals surface area contributed by atoms with E-state index in [-0.39, 0.29) is 5.92 Å². The number of hydrogen-bond acceptors (Lipinski definition) is 6. The average molecular weight is 353 g/mol. The van der Waals surface area contributed by atoms with Gasteiger partial charge in [0.05, 0.1) is 25.1 Å². The van der Waals surface area contributed by atoms with Gasteiger partial charge in [0.15, 0.2) is 0 Å². The normalized spacial score (nSPS) is 17.4. The van der Waals surface area contributed by atoms with E-state index < -0.39 is 0 Å². The first-order chi connectivity index (χ1) is 12.7. The van der Waals surface area contributed by atoms with Crippen molar-refractivity contribution in [2.24, 2.45) is 14.1 Å². The Bertz CT molecular complexity index is 858. The van der Waals surface area contributed by atoms with E-state index in [1.807, 2.05) is 41.8 Å². The molecule has 4 heterocycles. The summed E-state index contributed by atoms with van der Waals surface area (Å²) in [5.41, 5.74) is 4.56. The van der Waals surface area contributed by atoms with Gasteiger partial charge in [-0.3, -0.25) is 19.2 Å². The van der Waals surface area contributed by atoms with Crippen LogP contribution in [0.1, 0.15) is 28.4 Å². The molecule has 0 aromatic carbocycles. The van der Waals surface area contributed by atoms with Crippen molar-refractivity contribution in [3.8, 4) is 0 Å². The van der Waals surface area contributed by atoms with E-state index in [0.29, 0.717) is 13.2 Å². The highest BCUT2D eigenvalue weighted by Crippen LogP contribution is 2.28. The SMILES string of the molecule is Cn1cc(CN2Cc3nnn(C)c3[C@@H](COCc3ccncc3)C2)cn1. The van der Waals surface area contributed by atoms with Crippen LogP contribution in [0.5, 0.6) is 0 Å². The predicted octanol–water partition coefficient (Wildman–Crippen LogP) is 1.26. The second-order valence-corrected chi connectivity index (χ2v) is 6.80. The molecule has 1 atom stereocenters. The molecule has 0 aliphatic carbocycles. The number of ether oxygens (including phenoxy) is 1. The maximum absolute atomic E-state index is 6.00. The maximum Gasteiger partial charge on any atom is 0.100 e. The standard InChI is InChI=1S/C18H23N7O/c1-23-8-15(7-20-23)9-25-10-16(18-17(11-25)21-22-24(18)2)13-26-12-14-3-5-19-6-4-14/h3-8,16H,9-13H2,1-2H3/t16-/m1/s1. The van der Waals surface area contributed by atoms with Gasteiger partial charge >= 0.3 is 0 Å². The first-order valence-electron chi connectivity index (χ1n) is 8.74. The molecule has 0 saturated heterocycles. The third kappa shape index (κ3) is 3.66. The molecule has 26 heavy (non-hydrogen) atoms. The number of aryl methyl sites for hydroxylation is 2. The van der Waals surface area contributed by atoms with Crippen LogP contribution < -0.4 is 0 Å². The number of hydrogen-bond donors (Lipinski definition) is 0. The lowest BCUT2D eigenvalue weighted by atomic mass is 9.98. The van der Waals surface area contributed by atoms with Crippen molar-refractivity contribution in [1.82, 2.24) is 34.7 Å². The number of pyridine rings is 1. The minimum atomic E-state index is 0.247. The molecule has 1 aliphatic rings. The van der Waals surface area contributed by atoms with Crippen LogP contribution in [0.15, 0.2) is 36.9 Å². The molecule has 1 aliphatic heterocycles. The Hall–Kier alpha value is -2.58. The Morgan fingerprint density at radius 3 is 2.81 bits per heavy atom. The highest BCUT2D eigenvalue weighted by molar-refractivity contribution is 5.20. The molecule has 0 amide bonds. The zero-order chi connectivity index (χ0) is 17.9. The van der Waals surface area contributed by atoms with Gasteiger partial charge in [0, 0.05) is 63.8 Å². The van der Waals surface area contributed by atoms with Gasteiger partial charge in [-0.25, -0.2) is 0 Å². The van der Waals surface area contributed by atoms with Crippen molar-refractivity contribution < 1.29 is 4.74 Å². The van der Waals surface area contributed by atoms with Crippen molar-refractivity contribution in [2.45, 2.75) is 25.6 Å². The summed E-state index contributed by atoms with van der Waals surface area (Å²) in [7, 11) is 3.90. The smallest absolute Gasteiger partial charge is 0.100 e. The molecule has 0 fully saturated rings. The quantitative estimate of drug-likeness (QED) is 0.664. The molecule has 0 unspecified atom stereocenters.